The van der Waals surface area contributed by atoms with Gasteiger partial charge in [-0.25, -0.2) is 8.78 Å². The first-order valence-corrected chi connectivity index (χ1v) is 8.69. The average molecular weight is 466 g/mol. The van der Waals surface area contributed by atoms with Gasteiger partial charge in [0.2, 0.25) is 0 Å². The molecule has 1 saturated carbocycles. The lowest BCUT2D eigenvalue weighted by Crippen LogP contribution is -2.43. The van der Waals surface area contributed by atoms with E-state index in [4.69, 9.17) is 0 Å². The van der Waals surface area contributed by atoms with E-state index in [2.05, 4.69) is 27.6 Å². The van der Waals surface area contributed by atoms with Crippen molar-refractivity contribution in [2.45, 2.75) is 44.7 Å². The summed E-state index contributed by atoms with van der Waals surface area (Å²) in [6.45, 7) is 1.89. The molecule has 1 fully saturated rings. The van der Waals surface area contributed by atoms with Crippen LogP contribution in [-0.4, -0.2) is 44.1 Å². The van der Waals surface area contributed by atoms with Crippen LogP contribution >= 0.6 is 24.0 Å². The maximum Gasteiger partial charge on any atom is 0.191 e. The van der Waals surface area contributed by atoms with E-state index in [1.807, 2.05) is 0 Å². The van der Waals surface area contributed by atoms with Crippen LogP contribution in [0.2, 0.25) is 0 Å². The minimum absolute atomic E-state index is 0. The van der Waals surface area contributed by atoms with E-state index < -0.39 is 11.6 Å². The SMILES string of the molecule is CN=C(NCCN(C)C1CCCCC1)NCc1cc(F)ccc1F.I. The van der Waals surface area contributed by atoms with Crippen molar-refractivity contribution in [3.8, 4) is 0 Å². The maximum atomic E-state index is 13.6. The van der Waals surface area contributed by atoms with E-state index in [-0.39, 0.29) is 36.1 Å². The van der Waals surface area contributed by atoms with E-state index >= 15 is 0 Å². The molecule has 0 spiro atoms. The first kappa shape index (κ1) is 22.1. The molecular weight excluding hydrogens is 437 g/mol. The Bertz CT molecular complexity index is 548. The summed E-state index contributed by atoms with van der Waals surface area (Å²) in [5, 5.41) is 6.25. The molecule has 0 aromatic heterocycles. The highest BCUT2D eigenvalue weighted by atomic mass is 127. The molecule has 0 atom stereocenters. The predicted octanol–water partition coefficient (Wildman–Crippen LogP) is 3.51. The second-order valence-corrected chi connectivity index (χ2v) is 6.36. The molecule has 1 aliphatic carbocycles. The predicted molar refractivity (Wildman–Crippen MR) is 109 cm³/mol. The van der Waals surface area contributed by atoms with Crippen molar-refractivity contribution in [3.63, 3.8) is 0 Å². The summed E-state index contributed by atoms with van der Waals surface area (Å²) in [5.74, 6) is -0.266. The van der Waals surface area contributed by atoms with Crippen LogP contribution < -0.4 is 10.6 Å². The highest BCUT2D eigenvalue weighted by molar-refractivity contribution is 14.0. The summed E-state index contributed by atoms with van der Waals surface area (Å²) in [6, 6.07) is 4.14. The average Bonchev–Trinajstić information content (AvgIpc) is 2.61. The zero-order valence-corrected chi connectivity index (χ0v) is 17.4. The molecule has 0 unspecified atom stereocenters. The van der Waals surface area contributed by atoms with Crippen LogP contribution in [0.5, 0.6) is 0 Å². The Morgan fingerprint density at radius 2 is 1.92 bits per heavy atom. The zero-order valence-electron chi connectivity index (χ0n) is 15.0. The maximum absolute atomic E-state index is 13.6. The zero-order chi connectivity index (χ0) is 17.4. The molecule has 142 valence electrons. The van der Waals surface area contributed by atoms with Crippen LogP contribution in [0.1, 0.15) is 37.7 Å². The van der Waals surface area contributed by atoms with Crippen LogP contribution in [-0.2, 0) is 6.54 Å². The molecule has 4 nitrogen and oxygen atoms in total. The third-order valence-corrected chi connectivity index (χ3v) is 4.63. The summed E-state index contributed by atoms with van der Waals surface area (Å²) in [4.78, 5) is 6.52. The van der Waals surface area contributed by atoms with Gasteiger partial charge in [0.25, 0.3) is 0 Å². The van der Waals surface area contributed by atoms with Gasteiger partial charge in [-0.3, -0.25) is 4.99 Å². The van der Waals surface area contributed by atoms with E-state index in [0.717, 1.165) is 25.2 Å². The van der Waals surface area contributed by atoms with Gasteiger partial charge in [-0.1, -0.05) is 19.3 Å². The van der Waals surface area contributed by atoms with Crippen molar-refractivity contribution in [2.75, 3.05) is 27.2 Å². The molecule has 1 aliphatic rings. The number of halogens is 3. The number of nitrogens with one attached hydrogen (secondary N) is 2. The molecule has 0 amide bonds. The van der Waals surface area contributed by atoms with Crippen LogP contribution in [0.15, 0.2) is 23.2 Å². The Hall–Kier alpha value is -0.960. The van der Waals surface area contributed by atoms with E-state index in [9.17, 15) is 8.78 Å². The van der Waals surface area contributed by atoms with Gasteiger partial charge in [0.05, 0.1) is 0 Å². The quantitative estimate of drug-likeness (QED) is 0.383. The van der Waals surface area contributed by atoms with Crippen LogP contribution in [0, 0.1) is 11.6 Å². The number of hydrogen-bond acceptors (Lipinski definition) is 2. The molecule has 0 radical (unpaired) electrons. The molecule has 7 heteroatoms. The van der Waals surface area contributed by atoms with Gasteiger partial charge in [0.1, 0.15) is 11.6 Å². The van der Waals surface area contributed by atoms with Crippen molar-refractivity contribution in [1.29, 1.82) is 0 Å². The van der Waals surface area contributed by atoms with Crippen molar-refractivity contribution in [3.05, 3.63) is 35.4 Å². The molecule has 25 heavy (non-hydrogen) atoms. The van der Waals surface area contributed by atoms with Gasteiger partial charge in [-0.2, -0.15) is 0 Å². The van der Waals surface area contributed by atoms with E-state index in [0.29, 0.717) is 12.0 Å². The summed E-state index contributed by atoms with van der Waals surface area (Å²) in [6.07, 6.45) is 6.57. The molecule has 0 heterocycles. The normalized spacial score (nSPS) is 15.8. The number of rotatable bonds is 6. The van der Waals surface area contributed by atoms with Gasteiger partial charge in [-0.15, -0.1) is 24.0 Å². The van der Waals surface area contributed by atoms with Gasteiger partial charge in [0.15, 0.2) is 5.96 Å². The van der Waals surface area contributed by atoms with Crippen molar-refractivity contribution in [1.82, 2.24) is 15.5 Å². The topological polar surface area (TPSA) is 39.7 Å². The van der Waals surface area contributed by atoms with E-state index in [1.54, 1.807) is 7.05 Å². The monoisotopic (exact) mass is 466 g/mol. The molecule has 1 aromatic rings. The van der Waals surface area contributed by atoms with Crippen molar-refractivity contribution in [2.24, 2.45) is 4.99 Å². The molecule has 0 saturated heterocycles. The molecule has 1 aromatic carbocycles. The Kier molecular flexibility index (Phi) is 10.3. The minimum Gasteiger partial charge on any atom is -0.355 e. The fraction of sp³-hybridized carbons (Fsp3) is 0.611. The molecule has 0 aliphatic heterocycles. The number of likely N-dealkylation sites (N-methyl/N-ethyl adjacent to an activating group) is 1. The Morgan fingerprint density at radius 3 is 2.60 bits per heavy atom. The second-order valence-electron chi connectivity index (χ2n) is 6.36. The van der Waals surface area contributed by atoms with Gasteiger partial charge in [-0.05, 0) is 38.1 Å². The largest absolute Gasteiger partial charge is 0.355 e. The van der Waals surface area contributed by atoms with Crippen LogP contribution in [0.25, 0.3) is 0 Å². The number of hydrogen-bond donors (Lipinski definition) is 2. The highest BCUT2D eigenvalue weighted by Gasteiger charge is 2.17. The first-order valence-electron chi connectivity index (χ1n) is 8.69. The third-order valence-electron chi connectivity index (χ3n) is 4.63. The molecular formula is C18H29F2IN4. The lowest BCUT2D eigenvalue weighted by Gasteiger charge is -2.31. The standard InChI is InChI=1S/C18H28F2N4.HI/c1-21-18(23-13-14-12-15(19)8-9-17(14)20)22-10-11-24(2)16-6-4-3-5-7-16;/h8-9,12,16H,3-7,10-11,13H2,1-2H3,(H2,21,22,23);1H. The fourth-order valence-corrected chi connectivity index (χ4v) is 3.13. The minimum atomic E-state index is -0.440. The van der Waals surface area contributed by atoms with Crippen molar-refractivity contribution < 1.29 is 8.78 Å². The third kappa shape index (κ3) is 7.43. The van der Waals surface area contributed by atoms with Gasteiger partial charge < -0.3 is 15.5 Å². The summed E-state index contributed by atoms with van der Waals surface area (Å²) in [5.41, 5.74) is 0.289. The summed E-state index contributed by atoms with van der Waals surface area (Å²) in [7, 11) is 3.83. The number of aliphatic imine (C=N–C) groups is 1. The Morgan fingerprint density at radius 1 is 1.20 bits per heavy atom. The highest BCUT2D eigenvalue weighted by Crippen LogP contribution is 2.21. The second kappa shape index (κ2) is 11.6. The number of nitrogens with zero attached hydrogens (tertiary/aromatic N) is 2. The van der Waals surface area contributed by atoms with Crippen molar-refractivity contribution >= 4 is 29.9 Å². The lowest BCUT2D eigenvalue weighted by atomic mass is 9.94. The van der Waals surface area contributed by atoms with Gasteiger partial charge >= 0.3 is 0 Å². The summed E-state index contributed by atoms with van der Waals surface area (Å²) < 4.78 is 26.8. The smallest absolute Gasteiger partial charge is 0.191 e. The van der Waals surface area contributed by atoms with Gasteiger partial charge in [0, 0.05) is 38.3 Å². The lowest BCUT2D eigenvalue weighted by molar-refractivity contribution is 0.194. The van der Waals surface area contributed by atoms with Crippen LogP contribution in [0.4, 0.5) is 8.78 Å². The Balaban J connectivity index is 0.00000312. The molecule has 2 rings (SSSR count). The van der Waals surface area contributed by atoms with E-state index in [1.165, 1.54) is 38.2 Å². The number of benzene rings is 1. The Labute approximate surface area is 166 Å². The fourth-order valence-electron chi connectivity index (χ4n) is 3.13. The summed E-state index contributed by atoms with van der Waals surface area (Å²) >= 11 is 0. The first-order chi connectivity index (χ1) is 11.6. The molecule has 2 N–H and O–H groups in total. The number of guanidine groups is 1. The van der Waals surface area contributed by atoms with Crippen LogP contribution in [0.3, 0.4) is 0 Å². The molecule has 0 bridgehead atoms.